The van der Waals surface area contributed by atoms with Crippen LogP contribution in [-0.4, -0.2) is 9.67 Å². The third-order valence-corrected chi connectivity index (χ3v) is 7.26. The molecule has 0 amide bonds. The third kappa shape index (κ3) is 3.03. The number of nitrogens with zero attached hydrogens (tertiary/aromatic N) is 1. The van der Waals surface area contributed by atoms with Gasteiger partial charge in [0.15, 0.2) is 0 Å². The number of nitrogens with one attached hydrogen (secondary N) is 1. The summed E-state index contributed by atoms with van der Waals surface area (Å²) < 4.78 is 2.17. The molecule has 0 saturated carbocycles. The molecule has 0 aliphatic carbocycles. The average molecular weight is 467 g/mol. The van der Waals surface area contributed by atoms with Crippen molar-refractivity contribution in [1.29, 1.82) is 0 Å². The van der Waals surface area contributed by atoms with Crippen molar-refractivity contribution in [1.82, 2.24) is 4.57 Å². The van der Waals surface area contributed by atoms with Gasteiger partial charge in [0.05, 0.1) is 16.9 Å². The van der Waals surface area contributed by atoms with Gasteiger partial charge in [-0.1, -0.05) is 84.9 Å². The number of hydrogen-bond acceptors (Lipinski definition) is 2. The molecule has 0 atom stereocenters. The minimum Gasteiger partial charge on any atom is -0.384 e. The predicted octanol–water partition coefficient (Wildman–Crippen LogP) is 8.50. The summed E-state index contributed by atoms with van der Waals surface area (Å²) >= 11 is 0. The van der Waals surface area contributed by atoms with E-state index in [1.165, 1.54) is 32.3 Å². The fourth-order valence-corrected chi connectivity index (χ4v) is 5.77. The molecule has 36 heavy (non-hydrogen) atoms. The zero-order chi connectivity index (χ0) is 24.4. The lowest BCUT2D eigenvalue weighted by atomic mass is 9.93. The predicted molar refractivity (Wildman–Crippen MR) is 152 cm³/mol. The first-order valence-electron chi connectivity index (χ1n) is 12.4. The van der Waals surface area contributed by atoms with Gasteiger partial charge in [0.25, 0.3) is 0 Å². The summed E-state index contributed by atoms with van der Waals surface area (Å²) in [5.74, 6) is 0. The Labute approximate surface area is 209 Å². The van der Waals surface area contributed by atoms with Crippen LogP contribution in [0.5, 0.6) is 0 Å². The Bertz CT molecular complexity index is 1880. The van der Waals surface area contributed by atoms with E-state index in [4.69, 9.17) is 0 Å². The maximum absolute atomic E-state index is 11.5. The fourth-order valence-electron chi connectivity index (χ4n) is 5.77. The Morgan fingerprint density at radius 1 is 0.611 bits per heavy atom. The number of para-hydroxylation sites is 2. The first-order chi connectivity index (χ1) is 17.5. The normalized spacial score (nSPS) is 12.3. The standard InChI is InChI=1S/C33H26N2O/c1-33(2,36)32-31(26-13-6-7-14-28(26)35(32)24-11-4-3-5-12-24)34-27-20-18-23-16-15-21-9-8-10-22-17-19-25(27)30(23)29(21)22/h3-20,34,36H,1-2H3. The highest BCUT2D eigenvalue weighted by Crippen LogP contribution is 2.43. The SMILES string of the molecule is CC(C)(O)c1c(Nc2ccc3ccc4cccc5ccc2c3c45)c2ccccc2n1-c1ccccc1. The molecule has 1 heterocycles. The molecular weight excluding hydrogens is 440 g/mol. The van der Waals surface area contributed by atoms with E-state index in [-0.39, 0.29) is 0 Å². The second-order valence-corrected chi connectivity index (χ2v) is 10.1. The zero-order valence-electron chi connectivity index (χ0n) is 20.3. The largest absolute Gasteiger partial charge is 0.384 e. The Morgan fingerprint density at radius 3 is 2.00 bits per heavy atom. The summed E-state index contributed by atoms with van der Waals surface area (Å²) in [6.07, 6.45) is 0. The smallest absolute Gasteiger partial charge is 0.101 e. The molecule has 0 fully saturated rings. The summed E-state index contributed by atoms with van der Waals surface area (Å²) in [6.45, 7) is 3.71. The molecule has 1 aromatic heterocycles. The highest BCUT2D eigenvalue weighted by Gasteiger charge is 2.29. The molecule has 6 aromatic carbocycles. The number of anilines is 2. The van der Waals surface area contributed by atoms with Gasteiger partial charge in [0.1, 0.15) is 5.60 Å². The fraction of sp³-hybridized carbons (Fsp3) is 0.0909. The Hall–Kier alpha value is -4.34. The van der Waals surface area contributed by atoms with Crippen LogP contribution in [0.3, 0.4) is 0 Å². The van der Waals surface area contributed by atoms with Crippen molar-refractivity contribution < 1.29 is 5.11 Å². The average Bonchev–Trinajstić information content (AvgIpc) is 3.23. The van der Waals surface area contributed by atoms with Crippen molar-refractivity contribution in [2.45, 2.75) is 19.4 Å². The molecule has 7 aromatic rings. The first kappa shape index (κ1) is 21.0. The second kappa shape index (κ2) is 7.58. The van der Waals surface area contributed by atoms with Gasteiger partial charge < -0.3 is 15.0 Å². The zero-order valence-corrected chi connectivity index (χ0v) is 20.3. The van der Waals surface area contributed by atoms with E-state index >= 15 is 0 Å². The molecule has 0 aliphatic rings. The summed E-state index contributed by atoms with van der Waals surface area (Å²) in [6, 6.07) is 38.3. The highest BCUT2D eigenvalue weighted by atomic mass is 16.3. The maximum Gasteiger partial charge on any atom is 0.101 e. The van der Waals surface area contributed by atoms with Gasteiger partial charge in [-0.05, 0) is 65.0 Å². The molecule has 0 saturated heterocycles. The van der Waals surface area contributed by atoms with Crippen LogP contribution >= 0.6 is 0 Å². The molecule has 0 radical (unpaired) electrons. The minimum atomic E-state index is -1.08. The molecular formula is C33H26N2O. The lowest BCUT2D eigenvalue weighted by molar-refractivity contribution is 0.0733. The van der Waals surface area contributed by atoms with Crippen molar-refractivity contribution >= 4 is 54.6 Å². The number of aliphatic hydroxyl groups is 1. The van der Waals surface area contributed by atoms with E-state index in [2.05, 4.69) is 101 Å². The van der Waals surface area contributed by atoms with E-state index in [9.17, 15) is 5.11 Å². The Balaban J connectivity index is 1.53. The van der Waals surface area contributed by atoms with Crippen LogP contribution in [0.1, 0.15) is 19.5 Å². The summed E-state index contributed by atoms with van der Waals surface area (Å²) in [5.41, 5.74) is 3.79. The number of benzene rings is 6. The van der Waals surface area contributed by atoms with Crippen molar-refractivity contribution in [2.75, 3.05) is 5.32 Å². The molecule has 7 rings (SSSR count). The maximum atomic E-state index is 11.5. The second-order valence-electron chi connectivity index (χ2n) is 10.1. The summed E-state index contributed by atoms with van der Waals surface area (Å²) in [5, 5.41) is 23.8. The van der Waals surface area contributed by atoms with Crippen LogP contribution in [0, 0.1) is 0 Å². The molecule has 3 heteroatoms. The van der Waals surface area contributed by atoms with Gasteiger partial charge in [0.2, 0.25) is 0 Å². The highest BCUT2D eigenvalue weighted by molar-refractivity contribution is 6.25. The van der Waals surface area contributed by atoms with Gasteiger partial charge in [-0.2, -0.15) is 0 Å². The number of rotatable bonds is 4. The number of hydrogen-bond donors (Lipinski definition) is 2. The molecule has 0 unspecified atom stereocenters. The summed E-state index contributed by atoms with van der Waals surface area (Å²) in [4.78, 5) is 0. The number of fused-ring (bicyclic) bond motifs is 1. The summed E-state index contributed by atoms with van der Waals surface area (Å²) in [7, 11) is 0. The van der Waals surface area contributed by atoms with Gasteiger partial charge >= 0.3 is 0 Å². The Morgan fingerprint density at radius 2 is 1.25 bits per heavy atom. The van der Waals surface area contributed by atoms with Crippen LogP contribution < -0.4 is 5.32 Å². The topological polar surface area (TPSA) is 37.2 Å². The van der Waals surface area contributed by atoms with E-state index in [1.54, 1.807) is 0 Å². The number of aromatic nitrogens is 1. The molecule has 0 bridgehead atoms. The Kier molecular flexibility index (Phi) is 4.42. The van der Waals surface area contributed by atoms with Crippen LogP contribution in [0.2, 0.25) is 0 Å². The molecule has 0 spiro atoms. The van der Waals surface area contributed by atoms with E-state index in [0.717, 1.165) is 33.7 Å². The lowest BCUT2D eigenvalue weighted by Crippen LogP contribution is -2.21. The van der Waals surface area contributed by atoms with Crippen LogP contribution in [-0.2, 0) is 5.60 Å². The van der Waals surface area contributed by atoms with Crippen molar-refractivity contribution in [3.8, 4) is 5.69 Å². The first-order valence-corrected chi connectivity index (χ1v) is 12.4. The van der Waals surface area contributed by atoms with Crippen LogP contribution in [0.25, 0.3) is 48.9 Å². The molecule has 174 valence electrons. The van der Waals surface area contributed by atoms with Crippen molar-refractivity contribution in [3.63, 3.8) is 0 Å². The molecule has 0 aliphatic heterocycles. The quantitative estimate of drug-likeness (QED) is 0.255. The minimum absolute atomic E-state index is 0.834. The molecule has 2 N–H and O–H groups in total. The van der Waals surface area contributed by atoms with Gasteiger partial charge in [-0.3, -0.25) is 0 Å². The van der Waals surface area contributed by atoms with Crippen molar-refractivity contribution in [2.24, 2.45) is 0 Å². The van der Waals surface area contributed by atoms with Crippen molar-refractivity contribution in [3.05, 3.63) is 115 Å². The monoisotopic (exact) mass is 466 g/mol. The van der Waals surface area contributed by atoms with E-state index in [0.29, 0.717) is 0 Å². The van der Waals surface area contributed by atoms with Crippen LogP contribution in [0.15, 0.2) is 109 Å². The van der Waals surface area contributed by atoms with Gasteiger partial charge in [0, 0.05) is 22.1 Å². The molecule has 3 nitrogen and oxygen atoms in total. The van der Waals surface area contributed by atoms with Gasteiger partial charge in [-0.15, -0.1) is 0 Å². The van der Waals surface area contributed by atoms with Crippen LogP contribution in [0.4, 0.5) is 11.4 Å². The van der Waals surface area contributed by atoms with E-state index < -0.39 is 5.60 Å². The lowest BCUT2D eigenvalue weighted by Gasteiger charge is -2.24. The van der Waals surface area contributed by atoms with E-state index in [1.807, 2.05) is 32.0 Å². The van der Waals surface area contributed by atoms with Gasteiger partial charge in [-0.25, -0.2) is 0 Å². The third-order valence-electron chi connectivity index (χ3n) is 7.26.